The molecular weight excluding hydrogens is 178 g/mol. The van der Waals surface area contributed by atoms with Crippen LogP contribution in [-0.4, -0.2) is 12.5 Å². The van der Waals surface area contributed by atoms with E-state index in [1.54, 1.807) is 0 Å². The van der Waals surface area contributed by atoms with Gasteiger partial charge in [0.25, 0.3) is 0 Å². The van der Waals surface area contributed by atoms with Crippen LogP contribution in [0.4, 0.5) is 5.69 Å². The first-order valence-corrected chi connectivity index (χ1v) is 4.52. The molecule has 0 spiro atoms. The van der Waals surface area contributed by atoms with Gasteiger partial charge in [0.05, 0.1) is 0 Å². The lowest BCUT2D eigenvalue weighted by Gasteiger charge is -2.04. The monoisotopic (exact) mass is 193 g/mol. The van der Waals surface area contributed by atoms with Gasteiger partial charge < -0.3 is 5.32 Å². The number of hydrogen-bond donors (Lipinski definition) is 3. The van der Waals surface area contributed by atoms with Crippen LogP contribution < -0.4 is 16.6 Å². The average molecular weight is 193 g/mol. The van der Waals surface area contributed by atoms with Crippen LogP contribution >= 0.6 is 0 Å². The Bertz CT molecular complexity index is 295. The smallest absolute Gasteiger partial charge is 0.221 e. The molecule has 0 radical (unpaired) electrons. The molecule has 0 fully saturated rings. The van der Waals surface area contributed by atoms with Crippen LogP contribution in [0.1, 0.15) is 12.5 Å². The second-order valence-corrected chi connectivity index (χ2v) is 3.08. The van der Waals surface area contributed by atoms with Gasteiger partial charge in [-0.3, -0.25) is 16.1 Å². The summed E-state index contributed by atoms with van der Waals surface area (Å²) in [6.45, 7) is 2.24. The molecule has 14 heavy (non-hydrogen) atoms. The fourth-order valence-corrected chi connectivity index (χ4v) is 1.17. The Morgan fingerprint density at radius 3 is 2.50 bits per heavy atom. The van der Waals surface area contributed by atoms with Gasteiger partial charge in [0.2, 0.25) is 5.91 Å². The Morgan fingerprint density at radius 1 is 1.36 bits per heavy atom. The van der Waals surface area contributed by atoms with Crippen molar-refractivity contribution in [1.82, 2.24) is 5.43 Å². The summed E-state index contributed by atoms with van der Waals surface area (Å²) in [7, 11) is 0. The zero-order chi connectivity index (χ0) is 10.4. The number of benzene rings is 1. The van der Waals surface area contributed by atoms with Crippen molar-refractivity contribution >= 4 is 11.6 Å². The highest BCUT2D eigenvalue weighted by Gasteiger charge is 1.95. The lowest BCUT2D eigenvalue weighted by molar-refractivity contribution is -0.114. The number of carbonyl (C=O) groups excluding carboxylic acids is 1. The maximum atomic E-state index is 10.7. The summed E-state index contributed by atoms with van der Waals surface area (Å²) in [6, 6.07) is 7.71. The van der Waals surface area contributed by atoms with Gasteiger partial charge in [0.1, 0.15) is 0 Å². The van der Waals surface area contributed by atoms with Crippen molar-refractivity contribution in [3.05, 3.63) is 29.8 Å². The number of anilines is 1. The van der Waals surface area contributed by atoms with E-state index in [1.165, 1.54) is 12.5 Å². The third kappa shape index (κ3) is 3.55. The molecule has 0 bridgehead atoms. The fraction of sp³-hybridized carbons (Fsp3) is 0.300. The molecule has 1 rings (SSSR count). The summed E-state index contributed by atoms with van der Waals surface area (Å²) < 4.78 is 0. The largest absolute Gasteiger partial charge is 0.326 e. The van der Waals surface area contributed by atoms with Crippen molar-refractivity contribution in [1.29, 1.82) is 0 Å². The minimum absolute atomic E-state index is 0.0543. The van der Waals surface area contributed by atoms with E-state index >= 15 is 0 Å². The van der Waals surface area contributed by atoms with E-state index in [9.17, 15) is 4.79 Å². The standard InChI is InChI=1S/C10H15N3O/c1-8(14)13-10-4-2-9(3-5-10)6-7-12-11/h2-5,12H,6-7,11H2,1H3,(H,13,14). The van der Waals surface area contributed by atoms with E-state index in [0.29, 0.717) is 0 Å². The summed E-state index contributed by atoms with van der Waals surface area (Å²) in [5.41, 5.74) is 4.61. The molecule has 4 heteroatoms. The van der Waals surface area contributed by atoms with Crippen LogP contribution in [-0.2, 0) is 11.2 Å². The Labute approximate surface area is 83.5 Å². The molecule has 0 saturated heterocycles. The number of hydrazine groups is 1. The highest BCUT2D eigenvalue weighted by Crippen LogP contribution is 2.09. The van der Waals surface area contributed by atoms with E-state index < -0.39 is 0 Å². The van der Waals surface area contributed by atoms with Crippen LogP contribution in [0.3, 0.4) is 0 Å². The van der Waals surface area contributed by atoms with Crippen LogP contribution in [0, 0.1) is 0 Å². The number of carbonyl (C=O) groups is 1. The van der Waals surface area contributed by atoms with Gasteiger partial charge in [-0.2, -0.15) is 0 Å². The van der Waals surface area contributed by atoms with Gasteiger partial charge in [-0.05, 0) is 24.1 Å². The minimum Gasteiger partial charge on any atom is -0.326 e. The molecule has 0 aliphatic heterocycles. The molecule has 0 aromatic heterocycles. The van der Waals surface area contributed by atoms with Crippen molar-refractivity contribution in [2.45, 2.75) is 13.3 Å². The lowest BCUT2D eigenvalue weighted by atomic mass is 10.1. The van der Waals surface area contributed by atoms with Crippen molar-refractivity contribution in [3.63, 3.8) is 0 Å². The highest BCUT2D eigenvalue weighted by atomic mass is 16.1. The normalized spacial score (nSPS) is 9.86. The van der Waals surface area contributed by atoms with E-state index in [0.717, 1.165) is 18.7 Å². The van der Waals surface area contributed by atoms with Gasteiger partial charge >= 0.3 is 0 Å². The van der Waals surface area contributed by atoms with Gasteiger partial charge in [-0.1, -0.05) is 12.1 Å². The summed E-state index contributed by atoms with van der Waals surface area (Å²) >= 11 is 0. The van der Waals surface area contributed by atoms with Crippen molar-refractivity contribution in [3.8, 4) is 0 Å². The zero-order valence-electron chi connectivity index (χ0n) is 8.21. The van der Waals surface area contributed by atoms with Gasteiger partial charge in [-0.25, -0.2) is 0 Å². The van der Waals surface area contributed by atoms with E-state index in [2.05, 4.69) is 10.7 Å². The number of nitrogens with two attached hydrogens (primary N) is 1. The first-order chi connectivity index (χ1) is 6.72. The Balaban J connectivity index is 2.54. The zero-order valence-corrected chi connectivity index (χ0v) is 8.21. The molecule has 0 heterocycles. The molecular formula is C10H15N3O. The fourth-order valence-electron chi connectivity index (χ4n) is 1.17. The molecule has 76 valence electrons. The predicted molar refractivity (Wildman–Crippen MR) is 56.6 cm³/mol. The average Bonchev–Trinajstić information content (AvgIpc) is 2.16. The molecule has 1 aromatic carbocycles. The third-order valence-electron chi connectivity index (χ3n) is 1.83. The van der Waals surface area contributed by atoms with Gasteiger partial charge in [-0.15, -0.1) is 0 Å². The number of nitrogens with one attached hydrogen (secondary N) is 2. The second kappa shape index (κ2) is 5.36. The summed E-state index contributed by atoms with van der Waals surface area (Å²) in [4.78, 5) is 10.7. The maximum Gasteiger partial charge on any atom is 0.221 e. The molecule has 4 N–H and O–H groups in total. The number of hydrogen-bond acceptors (Lipinski definition) is 3. The van der Waals surface area contributed by atoms with Crippen LogP contribution in [0.2, 0.25) is 0 Å². The summed E-state index contributed by atoms with van der Waals surface area (Å²) in [5, 5.41) is 2.71. The Hall–Kier alpha value is -1.39. The van der Waals surface area contributed by atoms with Crippen molar-refractivity contribution < 1.29 is 4.79 Å². The van der Waals surface area contributed by atoms with E-state index in [4.69, 9.17) is 5.84 Å². The highest BCUT2D eigenvalue weighted by molar-refractivity contribution is 5.88. The molecule has 0 unspecified atom stereocenters. The first kappa shape index (κ1) is 10.7. The molecule has 1 amide bonds. The molecule has 0 aliphatic rings. The van der Waals surface area contributed by atoms with Crippen LogP contribution in [0.5, 0.6) is 0 Å². The number of rotatable bonds is 4. The maximum absolute atomic E-state index is 10.7. The van der Waals surface area contributed by atoms with E-state index in [-0.39, 0.29) is 5.91 Å². The topological polar surface area (TPSA) is 67.2 Å². The lowest BCUT2D eigenvalue weighted by Crippen LogP contribution is -2.24. The Kier molecular flexibility index (Phi) is 4.10. The molecule has 0 saturated carbocycles. The van der Waals surface area contributed by atoms with Crippen molar-refractivity contribution in [2.75, 3.05) is 11.9 Å². The Morgan fingerprint density at radius 2 is 2.00 bits per heavy atom. The van der Waals surface area contributed by atoms with Gasteiger partial charge in [0, 0.05) is 19.2 Å². The predicted octanol–water partition coefficient (Wildman–Crippen LogP) is 0.651. The van der Waals surface area contributed by atoms with Gasteiger partial charge in [0.15, 0.2) is 0 Å². The van der Waals surface area contributed by atoms with Crippen LogP contribution in [0.25, 0.3) is 0 Å². The minimum atomic E-state index is -0.0543. The first-order valence-electron chi connectivity index (χ1n) is 4.52. The molecule has 4 nitrogen and oxygen atoms in total. The SMILES string of the molecule is CC(=O)Nc1ccc(CCNN)cc1. The van der Waals surface area contributed by atoms with Crippen molar-refractivity contribution in [2.24, 2.45) is 5.84 Å². The summed E-state index contributed by atoms with van der Waals surface area (Å²) in [5.74, 6) is 5.11. The third-order valence-corrected chi connectivity index (χ3v) is 1.83. The van der Waals surface area contributed by atoms with E-state index in [1.807, 2.05) is 24.3 Å². The number of amides is 1. The molecule has 1 aromatic rings. The van der Waals surface area contributed by atoms with Crippen LogP contribution in [0.15, 0.2) is 24.3 Å². The molecule has 0 atom stereocenters. The quantitative estimate of drug-likeness (QED) is 0.486. The second-order valence-electron chi connectivity index (χ2n) is 3.08. The molecule has 0 aliphatic carbocycles. The summed E-state index contributed by atoms with van der Waals surface area (Å²) in [6.07, 6.45) is 0.886.